The molecule has 0 radical (unpaired) electrons. The van der Waals surface area contributed by atoms with Gasteiger partial charge in [0.15, 0.2) is 0 Å². The Kier molecular flexibility index (Phi) is 4.66. The predicted octanol–water partition coefficient (Wildman–Crippen LogP) is 2.18. The van der Waals surface area contributed by atoms with E-state index in [1.165, 1.54) is 0 Å². The molecule has 2 unspecified atom stereocenters. The highest BCUT2D eigenvalue weighted by Gasteiger charge is 2.35. The molecule has 1 N–H and O–H groups in total. The van der Waals surface area contributed by atoms with Crippen molar-refractivity contribution in [2.24, 2.45) is 5.92 Å². The van der Waals surface area contributed by atoms with Gasteiger partial charge in [0.25, 0.3) is 0 Å². The molecule has 0 spiro atoms. The van der Waals surface area contributed by atoms with E-state index in [-0.39, 0.29) is 30.3 Å². The molecule has 1 aromatic carbocycles. The summed E-state index contributed by atoms with van der Waals surface area (Å²) in [6, 6.07) is 5.72. The highest BCUT2D eigenvalue weighted by atomic mass is 16.2. The number of nitrogens with zero attached hydrogens (tertiary/aromatic N) is 1. The summed E-state index contributed by atoms with van der Waals surface area (Å²) in [7, 11) is 0. The highest BCUT2D eigenvalue weighted by molar-refractivity contribution is 5.95. The standard InChI is InChI=1S/C17H24N2O2/c1-5-11(2)16-17(21)19(10-15(20)18-16)9-14-12(3)7-6-8-13(14)4/h6-8,11,16H,5,9-10H2,1-4H3,(H,18,20). The number of carbonyl (C=O) groups excluding carboxylic acids is 2. The lowest BCUT2D eigenvalue weighted by Crippen LogP contribution is -2.59. The van der Waals surface area contributed by atoms with Crippen LogP contribution < -0.4 is 5.32 Å². The zero-order valence-corrected chi connectivity index (χ0v) is 13.3. The summed E-state index contributed by atoms with van der Waals surface area (Å²) in [6.45, 7) is 8.79. The van der Waals surface area contributed by atoms with Crippen LogP contribution in [0.2, 0.25) is 0 Å². The maximum absolute atomic E-state index is 12.6. The molecule has 0 aromatic heterocycles. The Labute approximate surface area is 126 Å². The molecule has 1 fully saturated rings. The molecule has 1 aromatic rings. The molecule has 2 atom stereocenters. The van der Waals surface area contributed by atoms with Gasteiger partial charge in [0.2, 0.25) is 11.8 Å². The van der Waals surface area contributed by atoms with Gasteiger partial charge in [-0.25, -0.2) is 0 Å². The van der Waals surface area contributed by atoms with Gasteiger partial charge in [-0.3, -0.25) is 9.59 Å². The first-order valence-electron chi connectivity index (χ1n) is 7.57. The molecule has 1 aliphatic heterocycles. The van der Waals surface area contributed by atoms with Gasteiger partial charge in [0.05, 0.1) is 6.54 Å². The number of carbonyl (C=O) groups is 2. The second-order valence-corrected chi connectivity index (χ2v) is 6.00. The topological polar surface area (TPSA) is 49.4 Å². The molecule has 2 rings (SSSR count). The van der Waals surface area contributed by atoms with Gasteiger partial charge in [-0.1, -0.05) is 38.5 Å². The molecule has 0 aliphatic carbocycles. The van der Waals surface area contributed by atoms with E-state index in [4.69, 9.17) is 0 Å². The number of benzene rings is 1. The zero-order valence-electron chi connectivity index (χ0n) is 13.3. The van der Waals surface area contributed by atoms with E-state index in [1.807, 2.05) is 45.9 Å². The summed E-state index contributed by atoms with van der Waals surface area (Å²) in [4.78, 5) is 26.2. The van der Waals surface area contributed by atoms with Gasteiger partial charge in [-0.2, -0.15) is 0 Å². The van der Waals surface area contributed by atoms with E-state index in [1.54, 1.807) is 4.90 Å². The van der Waals surface area contributed by atoms with Crippen LogP contribution in [0.1, 0.15) is 37.0 Å². The van der Waals surface area contributed by atoms with Crippen LogP contribution in [0.15, 0.2) is 18.2 Å². The average molecular weight is 288 g/mol. The third-order valence-corrected chi connectivity index (χ3v) is 4.44. The van der Waals surface area contributed by atoms with E-state index >= 15 is 0 Å². The lowest BCUT2D eigenvalue weighted by molar-refractivity contribution is -0.146. The van der Waals surface area contributed by atoms with Crippen LogP contribution in [0.3, 0.4) is 0 Å². The summed E-state index contributed by atoms with van der Waals surface area (Å²) in [6.07, 6.45) is 0.869. The molecule has 4 nitrogen and oxygen atoms in total. The van der Waals surface area contributed by atoms with Crippen LogP contribution in [0, 0.1) is 19.8 Å². The van der Waals surface area contributed by atoms with Crippen molar-refractivity contribution in [1.29, 1.82) is 0 Å². The zero-order chi connectivity index (χ0) is 15.6. The van der Waals surface area contributed by atoms with Crippen LogP contribution in [0.25, 0.3) is 0 Å². The number of hydrogen-bond donors (Lipinski definition) is 1. The second-order valence-electron chi connectivity index (χ2n) is 6.00. The third kappa shape index (κ3) is 3.26. The molecule has 0 saturated carbocycles. The van der Waals surface area contributed by atoms with Gasteiger partial charge in [-0.15, -0.1) is 0 Å². The third-order valence-electron chi connectivity index (χ3n) is 4.44. The minimum absolute atomic E-state index is 0.0339. The number of aryl methyl sites for hydroxylation is 2. The molecule has 21 heavy (non-hydrogen) atoms. The van der Waals surface area contributed by atoms with Crippen LogP contribution in [0.4, 0.5) is 0 Å². The fourth-order valence-corrected chi connectivity index (χ4v) is 2.77. The molecule has 0 bridgehead atoms. The monoisotopic (exact) mass is 288 g/mol. The quantitative estimate of drug-likeness (QED) is 0.923. The normalized spacial score (nSPS) is 20.4. The van der Waals surface area contributed by atoms with Gasteiger partial charge < -0.3 is 10.2 Å². The summed E-state index contributed by atoms with van der Waals surface area (Å²) in [5.74, 6) is 0.125. The van der Waals surface area contributed by atoms with E-state index < -0.39 is 0 Å². The number of hydrogen-bond acceptors (Lipinski definition) is 2. The van der Waals surface area contributed by atoms with Crippen molar-refractivity contribution in [1.82, 2.24) is 10.2 Å². The van der Waals surface area contributed by atoms with E-state index in [9.17, 15) is 9.59 Å². The van der Waals surface area contributed by atoms with E-state index in [2.05, 4.69) is 5.32 Å². The van der Waals surface area contributed by atoms with Crippen molar-refractivity contribution in [3.05, 3.63) is 34.9 Å². The molecular weight excluding hydrogens is 264 g/mol. The molecule has 1 saturated heterocycles. The maximum Gasteiger partial charge on any atom is 0.246 e. The van der Waals surface area contributed by atoms with Gasteiger partial charge in [-0.05, 0) is 36.5 Å². The average Bonchev–Trinajstić information content (AvgIpc) is 2.45. The lowest BCUT2D eigenvalue weighted by Gasteiger charge is -2.35. The first-order valence-corrected chi connectivity index (χ1v) is 7.57. The Morgan fingerprint density at radius 1 is 1.29 bits per heavy atom. The maximum atomic E-state index is 12.6. The fraction of sp³-hybridized carbons (Fsp3) is 0.529. The predicted molar refractivity (Wildman–Crippen MR) is 82.7 cm³/mol. The van der Waals surface area contributed by atoms with E-state index in [0.717, 1.165) is 23.1 Å². The van der Waals surface area contributed by atoms with Crippen molar-refractivity contribution < 1.29 is 9.59 Å². The molecular formula is C17H24N2O2. The van der Waals surface area contributed by atoms with Crippen molar-refractivity contribution in [3.8, 4) is 0 Å². The number of nitrogens with one attached hydrogen (secondary N) is 1. The molecule has 4 heteroatoms. The number of piperazine rings is 1. The van der Waals surface area contributed by atoms with Crippen molar-refractivity contribution in [2.75, 3.05) is 6.54 Å². The second kappa shape index (κ2) is 6.29. The van der Waals surface area contributed by atoms with Crippen LogP contribution in [-0.4, -0.2) is 29.3 Å². The SMILES string of the molecule is CCC(C)C1NC(=O)CN(Cc2c(C)cccc2C)C1=O. The first kappa shape index (κ1) is 15.5. The minimum Gasteiger partial charge on any atom is -0.342 e. The van der Waals surface area contributed by atoms with Crippen molar-refractivity contribution in [3.63, 3.8) is 0 Å². The summed E-state index contributed by atoms with van der Waals surface area (Å²) in [5.41, 5.74) is 3.46. The lowest BCUT2D eigenvalue weighted by atomic mass is 9.95. The Hall–Kier alpha value is -1.84. The van der Waals surface area contributed by atoms with Crippen molar-refractivity contribution >= 4 is 11.8 Å². The van der Waals surface area contributed by atoms with Gasteiger partial charge in [0.1, 0.15) is 6.04 Å². The van der Waals surface area contributed by atoms with Crippen LogP contribution in [0.5, 0.6) is 0 Å². The molecule has 2 amide bonds. The Balaban J connectivity index is 2.22. The summed E-state index contributed by atoms with van der Waals surface area (Å²) < 4.78 is 0. The van der Waals surface area contributed by atoms with Gasteiger partial charge >= 0.3 is 0 Å². The fourth-order valence-electron chi connectivity index (χ4n) is 2.77. The number of rotatable bonds is 4. The smallest absolute Gasteiger partial charge is 0.246 e. The van der Waals surface area contributed by atoms with E-state index in [0.29, 0.717) is 6.54 Å². The molecule has 1 aliphatic rings. The van der Waals surface area contributed by atoms with Crippen molar-refractivity contribution in [2.45, 2.75) is 46.7 Å². The molecule has 114 valence electrons. The van der Waals surface area contributed by atoms with Gasteiger partial charge in [0, 0.05) is 6.54 Å². The van der Waals surface area contributed by atoms with Crippen LogP contribution >= 0.6 is 0 Å². The summed E-state index contributed by atoms with van der Waals surface area (Å²) in [5, 5.41) is 2.83. The molecule has 1 heterocycles. The minimum atomic E-state index is -0.388. The Bertz CT molecular complexity index is 533. The Morgan fingerprint density at radius 2 is 1.90 bits per heavy atom. The highest BCUT2D eigenvalue weighted by Crippen LogP contribution is 2.20. The largest absolute Gasteiger partial charge is 0.342 e. The summed E-state index contributed by atoms with van der Waals surface area (Å²) >= 11 is 0. The Morgan fingerprint density at radius 3 is 2.48 bits per heavy atom. The number of amides is 2. The first-order chi connectivity index (χ1) is 9.93. The van der Waals surface area contributed by atoms with Crippen LogP contribution in [-0.2, 0) is 16.1 Å².